The van der Waals surface area contributed by atoms with Gasteiger partial charge in [-0.3, -0.25) is 4.79 Å². The van der Waals surface area contributed by atoms with E-state index in [0.29, 0.717) is 12.2 Å². The lowest BCUT2D eigenvalue weighted by Gasteiger charge is -1.93. The molecule has 0 fully saturated rings. The number of hydrogen-bond acceptors (Lipinski definition) is 3. The summed E-state index contributed by atoms with van der Waals surface area (Å²) in [5.41, 5.74) is 0. The van der Waals surface area contributed by atoms with Crippen molar-refractivity contribution in [1.82, 2.24) is 0 Å². The first-order valence-electron chi connectivity index (χ1n) is 3.07. The van der Waals surface area contributed by atoms with Gasteiger partial charge in [0.1, 0.15) is 0 Å². The first-order valence-corrected chi connectivity index (χ1v) is 4.06. The normalized spacial score (nSPS) is 9.56. The van der Waals surface area contributed by atoms with Gasteiger partial charge in [0.2, 0.25) is 0 Å². The minimum absolute atomic E-state index is 0.0973. The summed E-state index contributed by atoms with van der Waals surface area (Å²) < 4.78 is 0. The molecular formula is C6H12O2S. The number of hydrogen-bond donors (Lipinski definition) is 1. The Hall–Kier alpha value is -0.0200. The number of carbonyl (C=O) groups is 1. The van der Waals surface area contributed by atoms with Crippen LogP contribution in [0.15, 0.2) is 0 Å². The van der Waals surface area contributed by atoms with Crippen molar-refractivity contribution in [2.24, 2.45) is 0 Å². The summed E-state index contributed by atoms with van der Waals surface area (Å²) in [5, 5.41) is 8.50. The van der Waals surface area contributed by atoms with Gasteiger partial charge in [0.05, 0.1) is 6.61 Å². The third kappa shape index (κ3) is 5.86. The zero-order valence-electron chi connectivity index (χ0n) is 5.59. The predicted molar refractivity (Wildman–Crippen MR) is 39.5 cm³/mol. The van der Waals surface area contributed by atoms with E-state index in [0.717, 1.165) is 6.42 Å². The highest BCUT2D eigenvalue weighted by atomic mass is 32.2. The Labute approximate surface area is 59.6 Å². The molecule has 0 saturated heterocycles. The highest BCUT2D eigenvalue weighted by Gasteiger charge is 1.97. The summed E-state index contributed by atoms with van der Waals surface area (Å²) in [6.07, 6.45) is 1.53. The number of aliphatic hydroxyl groups excluding tert-OH is 1. The molecule has 1 N–H and O–H groups in total. The molecule has 0 radical (unpaired) electrons. The minimum atomic E-state index is 0.0973. The van der Waals surface area contributed by atoms with Crippen LogP contribution in [0.2, 0.25) is 0 Å². The van der Waals surface area contributed by atoms with Gasteiger partial charge in [-0.05, 0) is 6.42 Å². The monoisotopic (exact) mass is 148 g/mol. The molecule has 0 atom stereocenters. The van der Waals surface area contributed by atoms with Gasteiger partial charge in [-0.25, -0.2) is 0 Å². The van der Waals surface area contributed by atoms with Crippen LogP contribution in [0.5, 0.6) is 0 Å². The molecule has 0 aliphatic heterocycles. The van der Waals surface area contributed by atoms with Crippen LogP contribution in [0, 0.1) is 0 Å². The summed E-state index contributed by atoms with van der Waals surface area (Å²) in [6, 6.07) is 0. The van der Waals surface area contributed by atoms with Gasteiger partial charge in [0, 0.05) is 12.2 Å². The van der Waals surface area contributed by atoms with Gasteiger partial charge in [-0.1, -0.05) is 18.7 Å². The van der Waals surface area contributed by atoms with Gasteiger partial charge in [0.25, 0.3) is 0 Å². The Morgan fingerprint density at radius 2 is 2.33 bits per heavy atom. The van der Waals surface area contributed by atoms with Crippen molar-refractivity contribution in [2.75, 3.05) is 12.4 Å². The topological polar surface area (TPSA) is 37.3 Å². The SMILES string of the molecule is CCCC(=O)SCCO. The molecule has 0 rings (SSSR count). The molecule has 0 aromatic heterocycles. The summed E-state index contributed by atoms with van der Waals surface area (Å²) in [4.78, 5) is 10.7. The first kappa shape index (κ1) is 8.98. The molecule has 0 spiro atoms. The maximum Gasteiger partial charge on any atom is 0.189 e. The maximum atomic E-state index is 10.7. The minimum Gasteiger partial charge on any atom is -0.396 e. The van der Waals surface area contributed by atoms with E-state index in [4.69, 9.17) is 5.11 Å². The van der Waals surface area contributed by atoms with Gasteiger partial charge >= 0.3 is 0 Å². The van der Waals surface area contributed by atoms with Crippen LogP contribution in [0.4, 0.5) is 0 Å². The molecule has 0 aliphatic carbocycles. The molecule has 0 saturated carbocycles. The van der Waals surface area contributed by atoms with Crippen LogP contribution >= 0.6 is 11.8 Å². The van der Waals surface area contributed by atoms with E-state index >= 15 is 0 Å². The number of rotatable bonds is 4. The molecule has 0 bridgehead atoms. The van der Waals surface area contributed by atoms with E-state index in [9.17, 15) is 4.79 Å². The molecule has 9 heavy (non-hydrogen) atoms. The molecule has 0 aromatic carbocycles. The average molecular weight is 148 g/mol. The molecule has 54 valence electrons. The molecule has 3 heteroatoms. The Bertz CT molecular complexity index is 83.1. The smallest absolute Gasteiger partial charge is 0.189 e. The van der Waals surface area contributed by atoms with Crippen molar-refractivity contribution in [3.05, 3.63) is 0 Å². The standard InChI is InChI=1S/C6H12O2S/c1-2-3-6(8)9-5-4-7/h7H,2-5H2,1H3. The second-order valence-electron chi connectivity index (χ2n) is 1.69. The molecule has 0 heterocycles. The third-order valence-corrected chi connectivity index (χ3v) is 1.72. The van der Waals surface area contributed by atoms with Crippen molar-refractivity contribution in [2.45, 2.75) is 19.8 Å². The zero-order chi connectivity index (χ0) is 7.11. The fourth-order valence-corrected chi connectivity index (χ4v) is 1.10. The Morgan fingerprint density at radius 1 is 1.67 bits per heavy atom. The second kappa shape index (κ2) is 6.11. The lowest BCUT2D eigenvalue weighted by atomic mass is 10.4. The molecule has 0 unspecified atom stereocenters. The molecule has 0 amide bonds. The Balaban J connectivity index is 3.06. The van der Waals surface area contributed by atoms with Crippen LogP contribution in [0.3, 0.4) is 0 Å². The van der Waals surface area contributed by atoms with Gasteiger partial charge in [-0.15, -0.1) is 0 Å². The second-order valence-corrected chi connectivity index (χ2v) is 2.85. The van der Waals surface area contributed by atoms with Crippen molar-refractivity contribution < 1.29 is 9.90 Å². The van der Waals surface area contributed by atoms with Crippen LogP contribution in [0.25, 0.3) is 0 Å². The summed E-state index contributed by atoms with van der Waals surface area (Å²) in [7, 11) is 0. The summed E-state index contributed by atoms with van der Waals surface area (Å²) in [5.74, 6) is 0.541. The molecular weight excluding hydrogens is 136 g/mol. The van der Waals surface area contributed by atoms with Crippen LogP contribution in [-0.2, 0) is 4.79 Å². The summed E-state index contributed by atoms with van der Waals surface area (Å²) >= 11 is 1.21. The van der Waals surface area contributed by atoms with Crippen molar-refractivity contribution in [3.8, 4) is 0 Å². The van der Waals surface area contributed by atoms with Crippen LogP contribution in [-0.4, -0.2) is 22.6 Å². The first-order chi connectivity index (χ1) is 4.31. The summed E-state index contributed by atoms with van der Waals surface area (Å²) in [6.45, 7) is 2.07. The highest BCUT2D eigenvalue weighted by Crippen LogP contribution is 2.05. The van der Waals surface area contributed by atoms with Gasteiger partial charge < -0.3 is 5.11 Å². The number of thioether (sulfide) groups is 1. The largest absolute Gasteiger partial charge is 0.396 e. The predicted octanol–water partition coefficient (Wildman–Crippen LogP) is 1.04. The van der Waals surface area contributed by atoms with E-state index in [1.807, 2.05) is 6.92 Å². The van der Waals surface area contributed by atoms with E-state index < -0.39 is 0 Å². The molecule has 0 aromatic rings. The van der Waals surface area contributed by atoms with Crippen LogP contribution < -0.4 is 0 Å². The van der Waals surface area contributed by atoms with Gasteiger partial charge in [-0.2, -0.15) is 0 Å². The fourth-order valence-electron chi connectivity index (χ4n) is 0.436. The lowest BCUT2D eigenvalue weighted by Crippen LogP contribution is -1.94. The van der Waals surface area contributed by atoms with Crippen molar-refractivity contribution in [1.29, 1.82) is 0 Å². The quantitative estimate of drug-likeness (QED) is 0.647. The zero-order valence-corrected chi connectivity index (χ0v) is 6.41. The van der Waals surface area contributed by atoms with Crippen molar-refractivity contribution >= 4 is 16.9 Å². The maximum absolute atomic E-state index is 10.7. The van der Waals surface area contributed by atoms with E-state index in [1.165, 1.54) is 11.8 Å². The highest BCUT2D eigenvalue weighted by molar-refractivity contribution is 8.13. The average Bonchev–Trinajstić information content (AvgIpc) is 1.85. The fraction of sp³-hybridized carbons (Fsp3) is 0.833. The van der Waals surface area contributed by atoms with Crippen LogP contribution in [0.1, 0.15) is 19.8 Å². The molecule has 2 nitrogen and oxygen atoms in total. The van der Waals surface area contributed by atoms with E-state index in [-0.39, 0.29) is 11.7 Å². The van der Waals surface area contributed by atoms with Crippen molar-refractivity contribution in [3.63, 3.8) is 0 Å². The lowest BCUT2D eigenvalue weighted by molar-refractivity contribution is -0.111. The van der Waals surface area contributed by atoms with E-state index in [2.05, 4.69) is 0 Å². The van der Waals surface area contributed by atoms with E-state index in [1.54, 1.807) is 0 Å². The third-order valence-electron chi connectivity index (χ3n) is 0.808. The number of carbonyl (C=O) groups excluding carboxylic acids is 1. The Morgan fingerprint density at radius 3 is 2.78 bits per heavy atom. The number of aliphatic hydroxyl groups is 1. The van der Waals surface area contributed by atoms with Gasteiger partial charge in [0.15, 0.2) is 5.12 Å². The molecule has 0 aliphatic rings. The Kier molecular flexibility index (Phi) is 6.09.